The van der Waals surface area contributed by atoms with E-state index in [4.69, 9.17) is 10.5 Å². The van der Waals surface area contributed by atoms with Gasteiger partial charge in [0.1, 0.15) is 5.75 Å². The largest absolute Gasteiger partial charge is 0.483 e. The van der Waals surface area contributed by atoms with E-state index in [1.165, 1.54) is 0 Å². The number of nitrogen functional groups attached to an aromatic ring is 1. The van der Waals surface area contributed by atoms with Crippen LogP contribution in [-0.4, -0.2) is 18.8 Å². The van der Waals surface area contributed by atoms with Crippen molar-refractivity contribution in [3.8, 4) is 5.75 Å². The third-order valence-corrected chi connectivity index (χ3v) is 3.77. The van der Waals surface area contributed by atoms with E-state index in [0.717, 1.165) is 10.5 Å². The third-order valence-electron chi connectivity index (χ3n) is 2.99. The maximum atomic E-state index is 11.9. The second-order valence-corrected chi connectivity index (χ2v) is 5.41. The highest BCUT2D eigenvalue weighted by atomic mass is 32.2. The summed E-state index contributed by atoms with van der Waals surface area (Å²) in [6.07, 6.45) is 1.97. The highest BCUT2D eigenvalue weighted by Crippen LogP contribution is 2.26. The normalized spacial score (nSPS) is 10.2. The fourth-order valence-electron chi connectivity index (χ4n) is 1.80. The summed E-state index contributed by atoms with van der Waals surface area (Å²) in [4.78, 5) is 12.9. The molecule has 21 heavy (non-hydrogen) atoms. The highest BCUT2D eigenvalue weighted by molar-refractivity contribution is 7.98. The summed E-state index contributed by atoms with van der Waals surface area (Å²) in [5.41, 5.74) is 8.12. The first-order valence-electron chi connectivity index (χ1n) is 6.52. The Balaban J connectivity index is 1.94. The maximum Gasteiger partial charge on any atom is 0.262 e. The number of carbonyl (C=O) groups is 1. The fourth-order valence-corrected chi connectivity index (χ4v) is 2.34. The Morgan fingerprint density at radius 2 is 2.05 bits per heavy atom. The van der Waals surface area contributed by atoms with Crippen LogP contribution in [0.3, 0.4) is 0 Å². The summed E-state index contributed by atoms with van der Waals surface area (Å²) in [6.45, 7) is 1.88. The van der Waals surface area contributed by atoms with Crippen molar-refractivity contribution in [2.45, 2.75) is 11.8 Å². The molecule has 2 aromatic rings. The average molecular weight is 302 g/mol. The molecule has 2 aromatic carbocycles. The molecule has 110 valence electrons. The molecule has 3 N–H and O–H groups in total. The zero-order valence-corrected chi connectivity index (χ0v) is 12.9. The molecule has 0 bridgehead atoms. The van der Waals surface area contributed by atoms with E-state index in [9.17, 15) is 4.79 Å². The number of nitrogens with one attached hydrogen (secondary N) is 1. The molecule has 1 amide bonds. The number of para-hydroxylation sites is 1. The summed E-state index contributed by atoms with van der Waals surface area (Å²) in [5.74, 6) is 0.498. The fraction of sp³-hybridized carbons (Fsp3) is 0.188. The minimum Gasteiger partial charge on any atom is -0.483 e. The minimum atomic E-state index is -0.214. The van der Waals surface area contributed by atoms with Crippen molar-refractivity contribution in [3.63, 3.8) is 0 Å². The number of carbonyl (C=O) groups excluding carboxylic acids is 1. The predicted molar refractivity (Wildman–Crippen MR) is 87.9 cm³/mol. The average Bonchev–Trinajstić information content (AvgIpc) is 2.49. The van der Waals surface area contributed by atoms with Crippen molar-refractivity contribution in [1.29, 1.82) is 0 Å². The summed E-state index contributed by atoms with van der Waals surface area (Å²) < 4.78 is 5.55. The Morgan fingerprint density at radius 1 is 1.29 bits per heavy atom. The Bertz CT molecular complexity index is 644. The number of hydrogen-bond acceptors (Lipinski definition) is 4. The number of nitrogens with two attached hydrogens (primary N) is 1. The van der Waals surface area contributed by atoms with Gasteiger partial charge in [0.05, 0.1) is 0 Å². The van der Waals surface area contributed by atoms with Gasteiger partial charge in [0, 0.05) is 16.3 Å². The quantitative estimate of drug-likeness (QED) is 0.657. The van der Waals surface area contributed by atoms with Crippen molar-refractivity contribution in [2.75, 3.05) is 23.9 Å². The summed E-state index contributed by atoms with van der Waals surface area (Å²) in [7, 11) is 0. The van der Waals surface area contributed by atoms with Crippen LogP contribution < -0.4 is 15.8 Å². The molecule has 0 saturated heterocycles. The molecule has 0 aliphatic carbocycles. The van der Waals surface area contributed by atoms with Gasteiger partial charge in [-0.3, -0.25) is 4.79 Å². The van der Waals surface area contributed by atoms with Gasteiger partial charge in [-0.05, 0) is 43.0 Å². The van der Waals surface area contributed by atoms with Gasteiger partial charge in [-0.2, -0.15) is 0 Å². The van der Waals surface area contributed by atoms with Gasteiger partial charge in [-0.15, -0.1) is 11.8 Å². The van der Waals surface area contributed by atoms with Gasteiger partial charge in [0.2, 0.25) is 0 Å². The molecule has 0 atom stereocenters. The number of benzene rings is 2. The SMILES string of the molecule is CSc1ccccc1OCC(=O)Nc1ccc(C)c(N)c1. The number of rotatable bonds is 5. The smallest absolute Gasteiger partial charge is 0.262 e. The summed E-state index contributed by atoms with van der Waals surface area (Å²) in [6, 6.07) is 13.1. The summed E-state index contributed by atoms with van der Waals surface area (Å²) in [5, 5.41) is 2.77. The maximum absolute atomic E-state index is 11.9. The molecule has 0 aromatic heterocycles. The lowest BCUT2D eigenvalue weighted by atomic mass is 10.2. The second kappa shape index (κ2) is 7.04. The molecule has 0 spiro atoms. The Labute approximate surface area is 128 Å². The lowest BCUT2D eigenvalue weighted by Crippen LogP contribution is -2.20. The van der Waals surface area contributed by atoms with Gasteiger partial charge in [0.25, 0.3) is 5.91 Å². The van der Waals surface area contributed by atoms with E-state index < -0.39 is 0 Å². The van der Waals surface area contributed by atoms with Gasteiger partial charge >= 0.3 is 0 Å². The highest BCUT2D eigenvalue weighted by Gasteiger charge is 2.07. The van der Waals surface area contributed by atoms with Gasteiger partial charge < -0.3 is 15.8 Å². The molecule has 4 nitrogen and oxygen atoms in total. The minimum absolute atomic E-state index is 0.0364. The van der Waals surface area contributed by atoms with E-state index in [2.05, 4.69) is 5.32 Å². The van der Waals surface area contributed by atoms with Crippen LogP contribution in [0.25, 0.3) is 0 Å². The predicted octanol–water partition coefficient (Wildman–Crippen LogP) is 3.32. The van der Waals surface area contributed by atoms with Gasteiger partial charge in [0.15, 0.2) is 6.61 Å². The van der Waals surface area contributed by atoms with Crippen LogP contribution in [0, 0.1) is 6.92 Å². The summed E-state index contributed by atoms with van der Waals surface area (Å²) >= 11 is 1.58. The van der Waals surface area contributed by atoms with Crippen LogP contribution in [0.2, 0.25) is 0 Å². The molecule has 0 radical (unpaired) electrons. The topological polar surface area (TPSA) is 64.3 Å². The molecule has 0 unspecified atom stereocenters. The van der Waals surface area contributed by atoms with Crippen LogP contribution in [0.5, 0.6) is 5.75 Å². The molecule has 5 heteroatoms. The zero-order valence-electron chi connectivity index (χ0n) is 12.1. The number of amides is 1. The Kier molecular flexibility index (Phi) is 5.11. The first-order valence-corrected chi connectivity index (χ1v) is 7.74. The Morgan fingerprint density at radius 3 is 2.76 bits per heavy atom. The van der Waals surface area contributed by atoms with E-state index in [-0.39, 0.29) is 12.5 Å². The first-order chi connectivity index (χ1) is 10.1. The van der Waals surface area contributed by atoms with E-state index in [1.54, 1.807) is 17.8 Å². The molecule has 0 aliphatic heterocycles. The van der Waals surface area contributed by atoms with Crippen LogP contribution in [-0.2, 0) is 4.79 Å². The molecule has 0 aliphatic rings. The molecular weight excluding hydrogens is 284 g/mol. The van der Waals surface area contributed by atoms with Crippen LogP contribution in [0.4, 0.5) is 11.4 Å². The number of thioether (sulfide) groups is 1. The third kappa shape index (κ3) is 4.16. The first kappa shape index (κ1) is 15.3. The zero-order chi connectivity index (χ0) is 15.2. The van der Waals surface area contributed by atoms with Gasteiger partial charge in [-0.25, -0.2) is 0 Å². The number of anilines is 2. The van der Waals surface area contributed by atoms with Crippen molar-refractivity contribution in [1.82, 2.24) is 0 Å². The van der Waals surface area contributed by atoms with E-state index in [0.29, 0.717) is 17.1 Å². The molecular formula is C16H18N2O2S. The van der Waals surface area contributed by atoms with Crippen molar-refractivity contribution < 1.29 is 9.53 Å². The Hall–Kier alpha value is -2.14. The lowest BCUT2D eigenvalue weighted by Gasteiger charge is -2.11. The van der Waals surface area contributed by atoms with Crippen molar-refractivity contribution >= 4 is 29.0 Å². The van der Waals surface area contributed by atoms with Crippen molar-refractivity contribution in [3.05, 3.63) is 48.0 Å². The molecule has 2 rings (SSSR count). The van der Waals surface area contributed by atoms with E-state index >= 15 is 0 Å². The van der Waals surface area contributed by atoms with Gasteiger partial charge in [-0.1, -0.05) is 18.2 Å². The second-order valence-electron chi connectivity index (χ2n) is 4.56. The lowest BCUT2D eigenvalue weighted by molar-refractivity contribution is -0.118. The number of hydrogen-bond donors (Lipinski definition) is 2. The monoisotopic (exact) mass is 302 g/mol. The van der Waals surface area contributed by atoms with Crippen molar-refractivity contribution in [2.24, 2.45) is 0 Å². The molecule has 0 heterocycles. The standard InChI is InChI=1S/C16H18N2O2S/c1-11-7-8-12(9-13(11)17)18-16(19)10-20-14-5-3-4-6-15(14)21-2/h3-9H,10,17H2,1-2H3,(H,18,19). The van der Waals surface area contributed by atoms with Crippen LogP contribution >= 0.6 is 11.8 Å². The molecule has 0 saturated carbocycles. The van der Waals surface area contributed by atoms with Crippen LogP contribution in [0.1, 0.15) is 5.56 Å². The number of aryl methyl sites for hydroxylation is 1. The van der Waals surface area contributed by atoms with E-state index in [1.807, 2.05) is 49.6 Å². The van der Waals surface area contributed by atoms with Crippen LogP contribution in [0.15, 0.2) is 47.4 Å². The number of ether oxygens (including phenoxy) is 1. The molecule has 0 fully saturated rings.